The van der Waals surface area contributed by atoms with E-state index >= 15 is 0 Å². The van der Waals surface area contributed by atoms with E-state index in [0.717, 1.165) is 24.4 Å². The summed E-state index contributed by atoms with van der Waals surface area (Å²) in [5.41, 5.74) is 0.510. The number of hydrogen-bond donors (Lipinski definition) is 1. The summed E-state index contributed by atoms with van der Waals surface area (Å²) >= 11 is 0. The maximum absolute atomic E-state index is 12.4. The quantitative estimate of drug-likeness (QED) is 0.773. The number of furan rings is 1. The normalized spacial score (nSPS) is 14.5. The Labute approximate surface area is 171 Å². The van der Waals surface area contributed by atoms with Crippen molar-refractivity contribution < 1.29 is 23.5 Å². The maximum atomic E-state index is 12.4. The van der Waals surface area contributed by atoms with Crippen LogP contribution in [-0.4, -0.2) is 49.6 Å². The molecule has 0 bridgehead atoms. The Kier molecular flexibility index (Phi) is 6.80. The molecule has 3 rings (SSSR count). The van der Waals surface area contributed by atoms with E-state index in [4.69, 9.17) is 13.9 Å². The molecule has 2 amide bonds. The Bertz CT molecular complexity index is 853. The van der Waals surface area contributed by atoms with Gasteiger partial charge in [0.2, 0.25) is 5.91 Å². The fourth-order valence-corrected chi connectivity index (χ4v) is 3.40. The van der Waals surface area contributed by atoms with Gasteiger partial charge in [0.15, 0.2) is 11.5 Å². The molecule has 0 saturated carbocycles. The Morgan fingerprint density at radius 2 is 1.93 bits per heavy atom. The van der Waals surface area contributed by atoms with Gasteiger partial charge >= 0.3 is 0 Å². The molecule has 7 heteroatoms. The summed E-state index contributed by atoms with van der Waals surface area (Å²) in [7, 11) is 1.56. The minimum Gasteiger partial charge on any atom is -0.493 e. The van der Waals surface area contributed by atoms with Gasteiger partial charge < -0.3 is 24.1 Å². The maximum Gasteiger partial charge on any atom is 0.251 e. The van der Waals surface area contributed by atoms with Crippen LogP contribution in [0, 0.1) is 6.92 Å². The molecule has 1 aliphatic heterocycles. The van der Waals surface area contributed by atoms with E-state index in [1.807, 2.05) is 24.0 Å². The Hall–Kier alpha value is -2.96. The van der Waals surface area contributed by atoms with Crippen molar-refractivity contribution >= 4 is 11.8 Å². The summed E-state index contributed by atoms with van der Waals surface area (Å²) in [5, 5.41) is 2.89. The van der Waals surface area contributed by atoms with E-state index in [9.17, 15) is 9.59 Å². The summed E-state index contributed by atoms with van der Waals surface area (Å²) in [6.45, 7) is 5.35. The molecule has 0 atom stereocenters. The first-order valence-corrected chi connectivity index (χ1v) is 9.90. The highest BCUT2D eigenvalue weighted by Crippen LogP contribution is 2.30. The molecule has 1 saturated heterocycles. The van der Waals surface area contributed by atoms with Gasteiger partial charge in [-0.15, -0.1) is 0 Å². The number of ether oxygens (including phenoxy) is 2. The third kappa shape index (κ3) is 5.53. The van der Waals surface area contributed by atoms with Crippen molar-refractivity contribution in [3.8, 4) is 11.5 Å². The first-order valence-electron chi connectivity index (χ1n) is 9.90. The number of carbonyl (C=O) groups excluding carboxylic acids is 2. The van der Waals surface area contributed by atoms with Gasteiger partial charge in [0.1, 0.15) is 17.6 Å². The highest BCUT2D eigenvalue weighted by Gasteiger charge is 2.23. The molecule has 0 spiro atoms. The zero-order chi connectivity index (χ0) is 20.8. The van der Waals surface area contributed by atoms with Crippen LogP contribution in [0.5, 0.6) is 11.5 Å². The summed E-state index contributed by atoms with van der Waals surface area (Å²) in [6.07, 6.45) is 2.21. The van der Waals surface area contributed by atoms with Gasteiger partial charge in [-0.05, 0) is 37.3 Å². The second-order valence-electron chi connectivity index (χ2n) is 7.21. The van der Waals surface area contributed by atoms with Crippen LogP contribution >= 0.6 is 0 Å². The van der Waals surface area contributed by atoms with Crippen LogP contribution in [0.25, 0.3) is 0 Å². The fraction of sp³-hybridized carbons (Fsp3) is 0.455. The average molecular weight is 400 g/mol. The molecule has 1 N–H and O–H groups in total. The number of rotatable bonds is 7. The molecule has 1 aromatic carbocycles. The average Bonchev–Trinajstić information content (AvgIpc) is 3.13. The number of carbonyl (C=O) groups is 2. The van der Waals surface area contributed by atoms with Gasteiger partial charge in [-0.1, -0.05) is 0 Å². The molecule has 29 heavy (non-hydrogen) atoms. The number of nitrogens with zero attached hydrogens (tertiary/aromatic N) is 1. The molecule has 0 aliphatic carbocycles. The fourth-order valence-electron chi connectivity index (χ4n) is 3.40. The smallest absolute Gasteiger partial charge is 0.251 e. The van der Waals surface area contributed by atoms with Crippen LogP contribution in [0.4, 0.5) is 0 Å². The Morgan fingerprint density at radius 1 is 1.17 bits per heavy atom. The monoisotopic (exact) mass is 400 g/mol. The predicted molar refractivity (Wildman–Crippen MR) is 108 cm³/mol. The molecule has 1 aliphatic rings. The van der Waals surface area contributed by atoms with Crippen LogP contribution in [-0.2, 0) is 11.2 Å². The SMILES string of the molecule is COc1cc(C(=O)NCCc2ccc(C)o2)ccc1OC1CCN(C(C)=O)CC1. The van der Waals surface area contributed by atoms with E-state index in [2.05, 4.69) is 5.32 Å². The van der Waals surface area contributed by atoms with E-state index < -0.39 is 0 Å². The van der Waals surface area contributed by atoms with Crippen LogP contribution in [0.3, 0.4) is 0 Å². The lowest BCUT2D eigenvalue weighted by molar-refractivity contribution is -0.130. The highest BCUT2D eigenvalue weighted by atomic mass is 16.5. The summed E-state index contributed by atoms with van der Waals surface area (Å²) in [5.74, 6) is 2.76. The molecule has 7 nitrogen and oxygen atoms in total. The van der Waals surface area contributed by atoms with Gasteiger partial charge in [-0.3, -0.25) is 9.59 Å². The number of likely N-dealkylation sites (tertiary alicyclic amines) is 1. The van der Waals surface area contributed by atoms with Gasteiger partial charge in [0.05, 0.1) is 7.11 Å². The molecular weight excluding hydrogens is 372 g/mol. The topological polar surface area (TPSA) is 81.0 Å². The first-order chi connectivity index (χ1) is 14.0. The standard InChI is InChI=1S/C22H28N2O5/c1-15-4-6-18(28-15)8-11-23-22(26)17-5-7-20(21(14-17)27-3)29-19-9-12-24(13-10-19)16(2)25/h4-7,14,19H,8-13H2,1-3H3,(H,23,26). The summed E-state index contributed by atoms with van der Waals surface area (Å²) < 4.78 is 17.0. The number of amides is 2. The summed E-state index contributed by atoms with van der Waals surface area (Å²) in [4.78, 5) is 25.7. The van der Waals surface area contributed by atoms with Crippen molar-refractivity contribution in [2.45, 2.75) is 39.2 Å². The van der Waals surface area contributed by atoms with Crippen molar-refractivity contribution in [2.24, 2.45) is 0 Å². The van der Waals surface area contributed by atoms with E-state index in [0.29, 0.717) is 43.1 Å². The van der Waals surface area contributed by atoms with Crippen molar-refractivity contribution in [1.29, 1.82) is 0 Å². The predicted octanol–water partition coefficient (Wildman–Crippen LogP) is 2.96. The van der Waals surface area contributed by atoms with Crippen molar-refractivity contribution in [2.75, 3.05) is 26.7 Å². The largest absolute Gasteiger partial charge is 0.493 e. The number of methoxy groups -OCH3 is 1. The highest BCUT2D eigenvalue weighted by molar-refractivity contribution is 5.94. The molecule has 2 aromatic rings. The van der Waals surface area contributed by atoms with Gasteiger partial charge in [0, 0.05) is 51.4 Å². The van der Waals surface area contributed by atoms with Crippen LogP contribution in [0.1, 0.15) is 41.6 Å². The number of nitrogens with one attached hydrogen (secondary N) is 1. The molecular formula is C22H28N2O5. The Morgan fingerprint density at radius 3 is 2.55 bits per heavy atom. The first kappa shape index (κ1) is 20.8. The molecule has 2 heterocycles. The third-order valence-electron chi connectivity index (χ3n) is 5.06. The van der Waals surface area contributed by atoms with Crippen LogP contribution in [0.2, 0.25) is 0 Å². The lowest BCUT2D eigenvalue weighted by Gasteiger charge is -2.31. The van der Waals surface area contributed by atoms with Crippen molar-refractivity contribution in [3.63, 3.8) is 0 Å². The number of hydrogen-bond acceptors (Lipinski definition) is 5. The molecule has 1 fully saturated rings. The van der Waals surface area contributed by atoms with Crippen LogP contribution in [0.15, 0.2) is 34.7 Å². The second-order valence-corrected chi connectivity index (χ2v) is 7.21. The zero-order valence-electron chi connectivity index (χ0n) is 17.2. The zero-order valence-corrected chi connectivity index (χ0v) is 17.2. The van der Waals surface area contributed by atoms with E-state index in [1.165, 1.54) is 0 Å². The minimum atomic E-state index is -0.173. The van der Waals surface area contributed by atoms with E-state index in [1.54, 1.807) is 32.2 Å². The minimum absolute atomic E-state index is 0.0240. The van der Waals surface area contributed by atoms with E-state index in [-0.39, 0.29) is 17.9 Å². The number of piperidine rings is 1. The molecule has 0 radical (unpaired) electrons. The molecule has 1 aromatic heterocycles. The lowest BCUT2D eigenvalue weighted by Crippen LogP contribution is -2.40. The second kappa shape index (κ2) is 9.49. The lowest BCUT2D eigenvalue weighted by atomic mass is 10.1. The van der Waals surface area contributed by atoms with Gasteiger partial charge in [0.25, 0.3) is 5.91 Å². The molecule has 0 unspecified atom stereocenters. The number of benzene rings is 1. The molecule has 156 valence electrons. The van der Waals surface area contributed by atoms with Gasteiger partial charge in [-0.25, -0.2) is 0 Å². The Balaban J connectivity index is 1.55. The summed E-state index contributed by atoms with van der Waals surface area (Å²) in [6, 6.07) is 9.00. The number of aryl methyl sites for hydroxylation is 1. The van der Waals surface area contributed by atoms with Crippen molar-refractivity contribution in [1.82, 2.24) is 10.2 Å². The van der Waals surface area contributed by atoms with Gasteiger partial charge in [-0.2, -0.15) is 0 Å². The van der Waals surface area contributed by atoms with Crippen molar-refractivity contribution in [3.05, 3.63) is 47.4 Å². The van der Waals surface area contributed by atoms with Crippen LogP contribution < -0.4 is 14.8 Å². The third-order valence-corrected chi connectivity index (χ3v) is 5.06.